The third-order valence-electron chi connectivity index (χ3n) is 3.25. The lowest BCUT2D eigenvalue weighted by atomic mass is 9.90. The van der Waals surface area contributed by atoms with Crippen molar-refractivity contribution in [2.24, 2.45) is 5.92 Å². The minimum absolute atomic E-state index is 0.0194. The van der Waals surface area contributed by atoms with E-state index in [0.717, 1.165) is 32.4 Å². The van der Waals surface area contributed by atoms with E-state index < -0.39 is 6.17 Å². The normalized spacial score (nSPS) is 43.0. The zero-order valence-electron chi connectivity index (χ0n) is 7.25. The Kier molecular flexibility index (Phi) is 2.33. The number of hydrogen-bond acceptors (Lipinski definition) is 2. The first-order valence-corrected chi connectivity index (χ1v) is 4.82. The van der Waals surface area contributed by atoms with E-state index in [0.29, 0.717) is 0 Å². The molecule has 1 N–H and O–H groups in total. The number of fused-ring (bicyclic) bond motifs is 1. The van der Waals surface area contributed by atoms with Crippen LogP contribution in [0.15, 0.2) is 0 Å². The Morgan fingerprint density at radius 2 is 2.17 bits per heavy atom. The molecule has 0 saturated carbocycles. The van der Waals surface area contributed by atoms with Crippen molar-refractivity contribution in [1.29, 1.82) is 0 Å². The van der Waals surface area contributed by atoms with E-state index in [1.54, 1.807) is 0 Å². The quantitative estimate of drug-likeness (QED) is 0.634. The molecule has 0 bridgehead atoms. The summed E-state index contributed by atoms with van der Waals surface area (Å²) >= 11 is 0. The van der Waals surface area contributed by atoms with Crippen molar-refractivity contribution < 1.29 is 9.50 Å². The first-order valence-electron chi connectivity index (χ1n) is 4.82. The highest BCUT2D eigenvalue weighted by Crippen LogP contribution is 2.32. The van der Waals surface area contributed by atoms with Crippen LogP contribution in [0.2, 0.25) is 0 Å². The number of halogens is 1. The van der Waals surface area contributed by atoms with Crippen LogP contribution in [-0.4, -0.2) is 41.9 Å². The van der Waals surface area contributed by atoms with Crippen LogP contribution in [0.25, 0.3) is 0 Å². The molecule has 70 valence electrons. The van der Waals surface area contributed by atoms with Gasteiger partial charge in [-0.3, -0.25) is 4.90 Å². The fraction of sp³-hybridized carbons (Fsp3) is 1.00. The van der Waals surface area contributed by atoms with Crippen LogP contribution in [-0.2, 0) is 0 Å². The smallest absolute Gasteiger partial charge is 0.121 e. The third kappa shape index (κ3) is 1.25. The van der Waals surface area contributed by atoms with Gasteiger partial charge in [-0.15, -0.1) is 0 Å². The van der Waals surface area contributed by atoms with Gasteiger partial charge in [-0.2, -0.15) is 0 Å². The SMILES string of the molecule is OCC1CCN2CCCC2C1F. The third-order valence-corrected chi connectivity index (χ3v) is 3.25. The van der Waals surface area contributed by atoms with Crippen LogP contribution in [0.1, 0.15) is 19.3 Å². The molecule has 0 spiro atoms. The average Bonchev–Trinajstić information content (AvgIpc) is 2.53. The summed E-state index contributed by atoms with van der Waals surface area (Å²) in [5, 5.41) is 8.92. The molecular formula is C9H16FNO. The Bertz CT molecular complexity index is 165. The molecule has 3 heteroatoms. The molecule has 0 aliphatic carbocycles. The summed E-state index contributed by atoms with van der Waals surface area (Å²) in [5.41, 5.74) is 0. The van der Waals surface area contributed by atoms with Gasteiger partial charge in [0, 0.05) is 18.6 Å². The van der Waals surface area contributed by atoms with Gasteiger partial charge in [0.1, 0.15) is 6.17 Å². The number of rotatable bonds is 1. The maximum Gasteiger partial charge on any atom is 0.121 e. The van der Waals surface area contributed by atoms with E-state index in [9.17, 15) is 4.39 Å². The Balaban J connectivity index is 2.02. The van der Waals surface area contributed by atoms with Gasteiger partial charge in [0.2, 0.25) is 0 Å². The molecule has 2 nitrogen and oxygen atoms in total. The second kappa shape index (κ2) is 3.30. The lowest BCUT2D eigenvalue weighted by Gasteiger charge is -2.37. The Morgan fingerprint density at radius 1 is 1.33 bits per heavy atom. The van der Waals surface area contributed by atoms with Crippen molar-refractivity contribution in [1.82, 2.24) is 4.90 Å². The molecule has 2 aliphatic heterocycles. The highest BCUT2D eigenvalue weighted by Gasteiger charge is 2.40. The van der Waals surface area contributed by atoms with Crippen molar-refractivity contribution in [3.63, 3.8) is 0 Å². The fourth-order valence-electron chi connectivity index (χ4n) is 2.49. The molecule has 0 aromatic carbocycles. The van der Waals surface area contributed by atoms with Gasteiger partial charge in [0.15, 0.2) is 0 Å². The Hall–Kier alpha value is -0.150. The Labute approximate surface area is 72.4 Å². The number of nitrogens with zero attached hydrogens (tertiary/aromatic N) is 1. The van der Waals surface area contributed by atoms with Gasteiger partial charge in [0.25, 0.3) is 0 Å². The summed E-state index contributed by atoms with van der Waals surface area (Å²) in [7, 11) is 0. The predicted molar refractivity (Wildman–Crippen MR) is 44.7 cm³/mol. The van der Waals surface area contributed by atoms with Gasteiger partial charge >= 0.3 is 0 Å². The summed E-state index contributed by atoms with van der Waals surface area (Å²) in [5.74, 6) is -0.0932. The highest BCUT2D eigenvalue weighted by molar-refractivity contribution is 4.93. The molecular weight excluding hydrogens is 157 g/mol. The zero-order valence-corrected chi connectivity index (χ0v) is 7.25. The van der Waals surface area contributed by atoms with Crippen LogP contribution in [0.3, 0.4) is 0 Å². The summed E-state index contributed by atoms with van der Waals surface area (Å²) < 4.78 is 13.6. The molecule has 2 fully saturated rings. The molecule has 0 aromatic heterocycles. The second-order valence-electron chi connectivity index (χ2n) is 3.92. The van der Waals surface area contributed by atoms with Crippen molar-refractivity contribution >= 4 is 0 Å². The maximum atomic E-state index is 13.6. The highest BCUT2D eigenvalue weighted by atomic mass is 19.1. The molecule has 2 rings (SSSR count). The Morgan fingerprint density at radius 3 is 2.92 bits per heavy atom. The first-order chi connectivity index (χ1) is 5.83. The van der Waals surface area contributed by atoms with E-state index in [2.05, 4.69) is 4.90 Å². The number of aliphatic hydroxyl groups is 1. The minimum Gasteiger partial charge on any atom is -0.396 e. The average molecular weight is 173 g/mol. The van der Waals surface area contributed by atoms with Crippen LogP contribution in [0.5, 0.6) is 0 Å². The number of hydrogen-bond donors (Lipinski definition) is 1. The summed E-state index contributed by atoms with van der Waals surface area (Å²) in [6.45, 7) is 2.06. The van der Waals surface area contributed by atoms with Crippen molar-refractivity contribution in [3.05, 3.63) is 0 Å². The van der Waals surface area contributed by atoms with Crippen molar-refractivity contribution in [3.8, 4) is 0 Å². The first kappa shape index (κ1) is 8.45. The predicted octanol–water partition coefficient (Wildman–Crippen LogP) is 0.801. The van der Waals surface area contributed by atoms with Crippen LogP contribution < -0.4 is 0 Å². The van der Waals surface area contributed by atoms with E-state index in [1.807, 2.05) is 0 Å². The summed E-state index contributed by atoms with van der Waals surface area (Å²) in [6, 6.07) is 0.121. The molecule has 0 radical (unpaired) electrons. The van der Waals surface area contributed by atoms with Gasteiger partial charge in [-0.1, -0.05) is 0 Å². The monoisotopic (exact) mass is 173 g/mol. The summed E-state index contributed by atoms with van der Waals surface area (Å²) in [6.07, 6.45) is 2.15. The van der Waals surface area contributed by atoms with Crippen LogP contribution in [0, 0.1) is 5.92 Å². The number of piperidine rings is 1. The molecule has 2 aliphatic rings. The summed E-state index contributed by atoms with van der Waals surface area (Å²) in [4.78, 5) is 2.23. The molecule has 2 heterocycles. The molecule has 3 atom stereocenters. The molecule has 3 unspecified atom stereocenters. The van der Waals surface area contributed by atoms with Gasteiger partial charge in [-0.05, 0) is 32.4 Å². The lowest BCUT2D eigenvalue weighted by molar-refractivity contribution is 0.0211. The van der Waals surface area contributed by atoms with Gasteiger partial charge in [-0.25, -0.2) is 4.39 Å². The minimum atomic E-state index is -0.786. The number of aliphatic hydroxyl groups excluding tert-OH is 1. The maximum absolute atomic E-state index is 13.6. The molecule has 12 heavy (non-hydrogen) atoms. The van der Waals surface area contributed by atoms with E-state index in [-0.39, 0.29) is 18.6 Å². The number of alkyl halides is 1. The fourth-order valence-corrected chi connectivity index (χ4v) is 2.49. The standard InChI is InChI=1S/C9H16FNO/c10-9-7(6-12)3-5-11-4-1-2-8(9)11/h7-9,12H,1-6H2. The van der Waals surface area contributed by atoms with Crippen LogP contribution >= 0.6 is 0 Å². The van der Waals surface area contributed by atoms with E-state index >= 15 is 0 Å². The van der Waals surface area contributed by atoms with Crippen molar-refractivity contribution in [2.45, 2.75) is 31.5 Å². The molecule has 0 amide bonds. The van der Waals surface area contributed by atoms with Gasteiger partial charge < -0.3 is 5.11 Å². The largest absolute Gasteiger partial charge is 0.396 e. The zero-order chi connectivity index (χ0) is 8.55. The molecule has 0 aromatic rings. The second-order valence-corrected chi connectivity index (χ2v) is 3.92. The topological polar surface area (TPSA) is 23.5 Å². The van der Waals surface area contributed by atoms with Crippen molar-refractivity contribution in [2.75, 3.05) is 19.7 Å². The lowest BCUT2D eigenvalue weighted by Crippen LogP contribution is -2.47. The van der Waals surface area contributed by atoms with Gasteiger partial charge in [0.05, 0.1) is 0 Å². The van der Waals surface area contributed by atoms with E-state index in [1.165, 1.54) is 0 Å². The molecule has 2 saturated heterocycles. The van der Waals surface area contributed by atoms with E-state index in [4.69, 9.17) is 5.11 Å². The van der Waals surface area contributed by atoms with Crippen LogP contribution in [0.4, 0.5) is 4.39 Å².